The molecule has 0 aromatic carbocycles. The Labute approximate surface area is 88.1 Å². The maximum atomic E-state index is 9.81. The molecule has 0 spiro atoms. The van der Waals surface area contributed by atoms with Crippen LogP contribution in [-0.2, 0) is 0 Å². The number of hydrogen-bond acceptors (Lipinski definition) is 2. The van der Waals surface area contributed by atoms with E-state index in [4.69, 9.17) is 0 Å². The Morgan fingerprint density at radius 3 is 2.50 bits per heavy atom. The Bertz CT molecular complexity index is 160. The zero-order valence-corrected chi connectivity index (χ0v) is 9.79. The first-order chi connectivity index (χ1) is 6.65. The lowest BCUT2D eigenvalue weighted by Gasteiger charge is -2.33. The molecule has 0 saturated heterocycles. The van der Waals surface area contributed by atoms with Gasteiger partial charge < -0.3 is 10.4 Å². The molecule has 14 heavy (non-hydrogen) atoms. The molecule has 1 aliphatic carbocycles. The maximum Gasteiger partial charge on any atom is 0.0693 e. The van der Waals surface area contributed by atoms with E-state index in [0.29, 0.717) is 18.0 Å². The van der Waals surface area contributed by atoms with Crippen LogP contribution in [0.15, 0.2) is 0 Å². The van der Waals surface area contributed by atoms with E-state index in [-0.39, 0.29) is 6.10 Å². The molecule has 0 aliphatic heterocycles. The van der Waals surface area contributed by atoms with Crippen molar-refractivity contribution >= 4 is 0 Å². The summed E-state index contributed by atoms with van der Waals surface area (Å²) in [6.45, 7) is 6.72. The Hall–Kier alpha value is -0.0800. The van der Waals surface area contributed by atoms with Crippen LogP contribution >= 0.6 is 0 Å². The first kappa shape index (κ1) is 12.0. The summed E-state index contributed by atoms with van der Waals surface area (Å²) in [5.41, 5.74) is 0. The molecule has 2 nitrogen and oxygen atoms in total. The highest BCUT2D eigenvalue weighted by Crippen LogP contribution is 2.20. The van der Waals surface area contributed by atoms with Crippen molar-refractivity contribution in [2.24, 2.45) is 5.92 Å². The first-order valence-corrected chi connectivity index (χ1v) is 6.09. The van der Waals surface area contributed by atoms with Gasteiger partial charge in [0, 0.05) is 12.1 Å². The van der Waals surface area contributed by atoms with Crippen molar-refractivity contribution in [2.75, 3.05) is 0 Å². The Morgan fingerprint density at radius 2 is 1.93 bits per heavy atom. The molecule has 84 valence electrons. The van der Waals surface area contributed by atoms with Gasteiger partial charge in [0.05, 0.1) is 6.10 Å². The minimum atomic E-state index is -0.116. The molecule has 0 heterocycles. The van der Waals surface area contributed by atoms with Gasteiger partial charge in [0.1, 0.15) is 0 Å². The number of nitrogens with one attached hydrogen (secondary N) is 1. The quantitative estimate of drug-likeness (QED) is 0.728. The van der Waals surface area contributed by atoms with Crippen LogP contribution in [-0.4, -0.2) is 23.3 Å². The fraction of sp³-hybridized carbons (Fsp3) is 1.00. The van der Waals surface area contributed by atoms with Crippen molar-refractivity contribution in [2.45, 2.75) is 71.1 Å². The zero-order valence-electron chi connectivity index (χ0n) is 9.79. The topological polar surface area (TPSA) is 32.3 Å². The summed E-state index contributed by atoms with van der Waals surface area (Å²) in [6.07, 6.45) is 5.67. The van der Waals surface area contributed by atoms with Crippen LogP contribution in [0, 0.1) is 5.92 Å². The lowest BCUT2D eigenvalue weighted by molar-refractivity contribution is 0.0817. The van der Waals surface area contributed by atoms with E-state index in [9.17, 15) is 5.11 Å². The van der Waals surface area contributed by atoms with Gasteiger partial charge in [0.2, 0.25) is 0 Å². The molecule has 0 radical (unpaired) electrons. The number of hydrogen-bond donors (Lipinski definition) is 2. The van der Waals surface area contributed by atoms with Gasteiger partial charge in [-0.2, -0.15) is 0 Å². The van der Waals surface area contributed by atoms with Crippen molar-refractivity contribution < 1.29 is 5.11 Å². The maximum absolute atomic E-state index is 9.81. The minimum absolute atomic E-state index is 0.116. The van der Waals surface area contributed by atoms with E-state index in [2.05, 4.69) is 26.1 Å². The third kappa shape index (κ3) is 3.25. The molecule has 0 bridgehead atoms. The van der Waals surface area contributed by atoms with E-state index in [1.165, 1.54) is 19.3 Å². The lowest BCUT2D eigenvalue weighted by atomic mass is 9.90. The van der Waals surface area contributed by atoms with E-state index >= 15 is 0 Å². The van der Waals surface area contributed by atoms with Crippen LogP contribution in [0.4, 0.5) is 0 Å². The predicted molar refractivity (Wildman–Crippen MR) is 60.3 cm³/mol. The van der Waals surface area contributed by atoms with Gasteiger partial charge >= 0.3 is 0 Å². The van der Waals surface area contributed by atoms with Crippen molar-refractivity contribution in [1.29, 1.82) is 0 Å². The van der Waals surface area contributed by atoms with Crippen LogP contribution in [0.25, 0.3) is 0 Å². The highest BCUT2D eigenvalue weighted by atomic mass is 16.3. The average molecular weight is 199 g/mol. The van der Waals surface area contributed by atoms with E-state index in [0.717, 1.165) is 12.8 Å². The first-order valence-electron chi connectivity index (χ1n) is 6.09. The monoisotopic (exact) mass is 199 g/mol. The van der Waals surface area contributed by atoms with E-state index < -0.39 is 0 Å². The molecule has 2 heteroatoms. The average Bonchev–Trinajstić information content (AvgIpc) is 2.20. The van der Waals surface area contributed by atoms with Crippen LogP contribution in [0.3, 0.4) is 0 Å². The molecule has 2 N–H and O–H groups in total. The van der Waals surface area contributed by atoms with Crippen LogP contribution in [0.2, 0.25) is 0 Å². The molecule has 1 aliphatic rings. The minimum Gasteiger partial charge on any atom is -0.392 e. The lowest BCUT2D eigenvalue weighted by Crippen LogP contribution is -2.47. The largest absolute Gasteiger partial charge is 0.392 e. The summed E-state index contributed by atoms with van der Waals surface area (Å²) in [6, 6.07) is 0.866. The molecule has 1 rings (SSSR count). The summed E-state index contributed by atoms with van der Waals surface area (Å²) in [4.78, 5) is 0. The third-order valence-corrected chi connectivity index (χ3v) is 3.70. The molecule has 4 atom stereocenters. The second kappa shape index (κ2) is 5.72. The van der Waals surface area contributed by atoms with Crippen molar-refractivity contribution in [3.63, 3.8) is 0 Å². The Morgan fingerprint density at radius 1 is 1.29 bits per heavy atom. The normalized spacial score (nSPS) is 32.6. The number of aliphatic hydroxyl groups excluding tert-OH is 1. The summed E-state index contributed by atoms with van der Waals surface area (Å²) in [5, 5.41) is 13.4. The zero-order chi connectivity index (χ0) is 10.6. The highest BCUT2D eigenvalue weighted by Gasteiger charge is 2.25. The van der Waals surface area contributed by atoms with Gasteiger partial charge in [-0.3, -0.25) is 0 Å². The molecule has 1 saturated carbocycles. The van der Waals surface area contributed by atoms with Crippen LogP contribution < -0.4 is 5.32 Å². The summed E-state index contributed by atoms with van der Waals surface area (Å²) in [5.74, 6) is 0.698. The van der Waals surface area contributed by atoms with E-state index in [1.807, 2.05) is 0 Å². The fourth-order valence-corrected chi connectivity index (χ4v) is 2.16. The van der Waals surface area contributed by atoms with Crippen LogP contribution in [0.1, 0.15) is 52.9 Å². The SMILES string of the molecule is CCC(C)C(C)NC1CCCCC1O. The molecule has 0 aromatic heterocycles. The van der Waals surface area contributed by atoms with Crippen molar-refractivity contribution in [3.05, 3.63) is 0 Å². The van der Waals surface area contributed by atoms with Gasteiger partial charge in [-0.05, 0) is 25.7 Å². The standard InChI is InChI=1S/C12H25NO/c1-4-9(2)10(3)13-11-7-5-6-8-12(11)14/h9-14H,4-8H2,1-3H3. The molecule has 4 unspecified atom stereocenters. The smallest absolute Gasteiger partial charge is 0.0693 e. The Kier molecular flexibility index (Phi) is 4.90. The molecular weight excluding hydrogens is 174 g/mol. The van der Waals surface area contributed by atoms with Gasteiger partial charge in [-0.1, -0.05) is 33.1 Å². The fourth-order valence-electron chi connectivity index (χ4n) is 2.16. The summed E-state index contributed by atoms with van der Waals surface area (Å²) in [7, 11) is 0. The summed E-state index contributed by atoms with van der Waals surface area (Å²) >= 11 is 0. The summed E-state index contributed by atoms with van der Waals surface area (Å²) < 4.78 is 0. The van der Waals surface area contributed by atoms with Gasteiger partial charge in [0.15, 0.2) is 0 Å². The second-order valence-electron chi connectivity index (χ2n) is 4.80. The van der Waals surface area contributed by atoms with Crippen molar-refractivity contribution in [3.8, 4) is 0 Å². The Balaban J connectivity index is 2.34. The third-order valence-electron chi connectivity index (χ3n) is 3.70. The second-order valence-corrected chi connectivity index (χ2v) is 4.80. The molecule has 0 aromatic rings. The number of rotatable bonds is 4. The van der Waals surface area contributed by atoms with Gasteiger partial charge in [-0.15, -0.1) is 0 Å². The molecular formula is C12H25NO. The van der Waals surface area contributed by atoms with Gasteiger partial charge in [-0.25, -0.2) is 0 Å². The number of aliphatic hydroxyl groups is 1. The van der Waals surface area contributed by atoms with E-state index in [1.54, 1.807) is 0 Å². The molecule has 0 amide bonds. The highest BCUT2D eigenvalue weighted by molar-refractivity contribution is 4.83. The van der Waals surface area contributed by atoms with Crippen LogP contribution in [0.5, 0.6) is 0 Å². The molecule has 1 fully saturated rings. The van der Waals surface area contributed by atoms with Crippen molar-refractivity contribution in [1.82, 2.24) is 5.32 Å². The predicted octanol–water partition coefficient (Wildman–Crippen LogP) is 2.31. The van der Waals surface area contributed by atoms with Gasteiger partial charge in [0.25, 0.3) is 0 Å².